The Kier molecular flexibility index (Phi) is 10.1. The van der Waals surface area contributed by atoms with Crippen LogP contribution in [0.4, 0.5) is 0 Å². The molecule has 0 spiro atoms. The molecule has 0 fully saturated rings. The van der Waals surface area contributed by atoms with Crippen LogP contribution in [0.25, 0.3) is 0 Å². The van der Waals surface area contributed by atoms with E-state index in [2.05, 4.69) is 20.8 Å². The summed E-state index contributed by atoms with van der Waals surface area (Å²) in [6.45, 7) is 7.79. The molecule has 0 aliphatic rings. The Labute approximate surface area is 103 Å². The third kappa shape index (κ3) is 6.52. The molecule has 0 aliphatic carbocycles. The van der Waals surface area contributed by atoms with Gasteiger partial charge < -0.3 is 5.73 Å². The van der Waals surface area contributed by atoms with Gasteiger partial charge in [-0.25, -0.2) is 0 Å². The fourth-order valence-electron chi connectivity index (χ4n) is 2.69. The van der Waals surface area contributed by atoms with Gasteiger partial charge in [0.25, 0.3) is 0 Å². The minimum Gasteiger partial charge on any atom is -0.330 e. The zero-order chi connectivity index (χ0) is 12.3. The second-order valence-corrected chi connectivity index (χ2v) is 5.31. The van der Waals surface area contributed by atoms with E-state index in [1.165, 1.54) is 64.2 Å². The average Bonchev–Trinajstić information content (AvgIpc) is 2.31. The molecule has 0 saturated carbocycles. The fourth-order valence-corrected chi connectivity index (χ4v) is 2.69. The third-order valence-corrected chi connectivity index (χ3v) is 4.05. The predicted molar refractivity (Wildman–Crippen MR) is 74.7 cm³/mol. The first kappa shape index (κ1) is 16.0. The molecule has 0 saturated heterocycles. The van der Waals surface area contributed by atoms with Gasteiger partial charge in [0.15, 0.2) is 0 Å². The summed E-state index contributed by atoms with van der Waals surface area (Å²) in [5.74, 6) is 0. The summed E-state index contributed by atoms with van der Waals surface area (Å²) in [5, 5.41) is 0. The van der Waals surface area contributed by atoms with E-state index >= 15 is 0 Å². The molecular weight excluding hydrogens is 194 g/mol. The van der Waals surface area contributed by atoms with Crippen LogP contribution < -0.4 is 5.73 Å². The molecule has 0 rings (SSSR count). The number of unbranched alkanes of at least 4 members (excludes halogenated alkanes) is 4. The van der Waals surface area contributed by atoms with Gasteiger partial charge in [-0.15, -0.1) is 0 Å². The topological polar surface area (TPSA) is 26.0 Å². The molecule has 0 aromatic carbocycles. The van der Waals surface area contributed by atoms with Crippen molar-refractivity contribution >= 4 is 0 Å². The second kappa shape index (κ2) is 10.1. The van der Waals surface area contributed by atoms with Crippen molar-refractivity contribution in [2.24, 2.45) is 11.1 Å². The molecule has 0 radical (unpaired) electrons. The summed E-state index contributed by atoms with van der Waals surface area (Å²) in [4.78, 5) is 0. The lowest BCUT2D eigenvalue weighted by Gasteiger charge is -2.33. The van der Waals surface area contributed by atoms with Crippen molar-refractivity contribution in [3.8, 4) is 0 Å². The summed E-state index contributed by atoms with van der Waals surface area (Å²) < 4.78 is 0. The summed E-state index contributed by atoms with van der Waals surface area (Å²) in [6, 6.07) is 0. The highest BCUT2D eigenvalue weighted by Crippen LogP contribution is 2.37. The van der Waals surface area contributed by atoms with Crippen LogP contribution in [0.2, 0.25) is 0 Å². The Bertz CT molecular complexity index is 144. The van der Waals surface area contributed by atoms with Gasteiger partial charge >= 0.3 is 0 Å². The standard InChI is InChI=1S/C15H33N/c1-4-7-9-10-12-15(6-3,13-14-16)11-8-5-2/h4-14,16H2,1-3H3. The number of nitrogens with two attached hydrogens (primary N) is 1. The molecule has 98 valence electrons. The largest absolute Gasteiger partial charge is 0.330 e. The Morgan fingerprint density at radius 3 is 1.88 bits per heavy atom. The van der Waals surface area contributed by atoms with Crippen LogP contribution in [0.3, 0.4) is 0 Å². The summed E-state index contributed by atoms with van der Waals surface area (Å²) in [5.41, 5.74) is 6.36. The molecule has 0 aromatic heterocycles. The lowest BCUT2D eigenvalue weighted by molar-refractivity contribution is 0.199. The SMILES string of the molecule is CCCCCCC(CC)(CCN)CCCC. The highest BCUT2D eigenvalue weighted by atomic mass is 14.5. The van der Waals surface area contributed by atoms with E-state index in [1.807, 2.05) is 0 Å². The van der Waals surface area contributed by atoms with E-state index in [4.69, 9.17) is 5.73 Å². The van der Waals surface area contributed by atoms with Crippen LogP contribution in [0, 0.1) is 5.41 Å². The Hall–Kier alpha value is -0.0400. The Balaban J connectivity index is 4.04. The van der Waals surface area contributed by atoms with E-state index in [0.717, 1.165) is 6.54 Å². The van der Waals surface area contributed by atoms with Gasteiger partial charge in [-0.2, -0.15) is 0 Å². The van der Waals surface area contributed by atoms with Gasteiger partial charge in [-0.3, -0.25) is 0 Å². The Morgan fingerprint density at radius 1 is 0.750 bits per heavy atom. The molecule has 2 N–H and O–H groups in total. The van der Waals surface area contributed by atoms with Gasteiger partial charge in [-0.05, 0) is 31.2 Å². The van der Waals surface area contributed by atoms with Crippen LogP contribution in [-0.4, -0.2) is 6.54 Å². The molecule has 0 aromatic rings. The maximum atomic E-state index is 5.79. The van der Waals surface area contributed by atoms with Gasteiger partial charge in [0.1, 0.15) is 0 Å². The second-order valence-electron chi connectivity index (χ2n) is 5.31. The van der Waals surface area contributed by atoms with Crippen LogP contribution >= 0.6 is 0 Å². The van der Waals surface area contributed by atoms with E-state index < -0.39 is 0 Å². The maximum Gasteiger partial charge on any atom is -0.00720 e. The molecule has 1 atom stereocenters. The van der Waals surface area contributed by atoms with E-state index in [0.29, 0.717) is 5.41 Å². The first-order valence-electron chi connectivity index (χ1n) is 7.44. The monoisotopic (exact) mass is 227 g/mol. The van der Waals surface area contributed by atoms with Gasteiger partial charge in [0, 0.05) is 0 Å². The summed E-state index contributed by atoms with van der Waals surface area (Å²) in [7, 11) is 0. The maximum absolute atomic E-state index is 5.79. The van der Waals surface area contributed by atoms with E-state index in [1.54, 1.807) is 0 Å². The average molecular weight is 227 g/mol. The fraction of sp³-hybridized carbons (Fsp3) is 1.00. The lowest BCUT2D eigenvalue weighted by Crippen LogP contribution is -2.24. The number of hydrogen-bond acceptors (Lipinski definition) is 1. The lowest BCUT2D eigenvalue weighted by atomic mass is 9.73. The van der Waals surface area contributed by atoms with Crippen molar-refractivity contribution < 1.29 is 0 Å². The molecule has 16 heavy (non-hydrogen) atoms. The number of rotatable bonds is 11. The quantitative estimate of drug-likeness (QED) is 0.500. The highest BCUT2D eigenvalue weighted by Gasteiger charge is 2.25. The molecule has 0 heterocycles. The molecule has 0 amide bonds. The van der Waals surface area contributed by atoms with E-state index in [-0.39, 0.29) is 0 Å². The minimum atomic E-state index is 0.568. The predicted octanol–water partition coefficient (Wildman–Crippen LogP) is 4.89. The van der Waals surface area contributed by atoms with Crippen LogP contribution in [0.5, 0.6) is 0 Å². The highest BCUT2D eigenvalue weighted by molar-refractivity contribution is 4.78. The summed E-state index contributed by atoms with van der Waals surface area (Å²) >= 11 is 0. The normalized spacial score (nSPS) is 15.0. The number of hydrogen-bond donors (Lipinski definition) is 1. The first-order chi connectivity index (χ1) is 7.74. The van der Waals surface area contributed by atoms with Gasteiger partial charge in [-0.1, -0.05) is 65.7 Å². The third-order valence-electron chi connectivity index (χ3n) is 4.05. The van der Waals surface area contributed by atoms with Crippen molar-refractivity contribution in [2.45, 2.75) is 85.0 Å². The first-order valence-corrected chi connectivity index (χ1v) is 7.44. The summed E-state index contributed by atoms with van der Waals surface area (Å²) in [6.07, 6.45) is 13.6. The molecule has 1 nitrogen and oxygen atoms in total. The van der Waals surface area contributed by atoms with Crippen molar-refractivity contribution in [1.82, 2.24) is 0 Å². The molecule has 1 heteroatoms. The molecule has 1 unspecified atom stereocenters. The zero-order valence-electron chi connectivity index (χ0n) is 11.9. The van der Waals surface area contributed by atoms with Gasteiger partial charge in [0.2, 0.25) is 0 Å². The van der Waals surface area contributed by atoms with Crippen molar-refractivity contribution in [2.75, 3.05) is 6.54 Å². The Morgan fingerprint density at radius 2 is 1.38 bits per heavy atom. The molecular formula is C15H33N. The van der Waals surface area contributed by atoms with E-state index in [9.17, 15) is 0 Å². The van der Waals surface area contributed by atoms with Gasteiger partial charge in [0.05, 0.1) is 0 Å². The zero-order valence-corrected chi connectivity index (χ0v) is 11.9. The van der Waals surface area contributed by atoms with Crippen LogP contribution in [0.1, 0.15) is 85.0 Å². The van der Waals surface area contributed by atoms with Crippen LogP contribution in [0.15, 0.2) is 0 Å². The van der Waals surface area contributed by atoms with Crippen molar-refractivity contribution in [1.29, 1.82) is 0 Å². The molecule has 0 bridgehead atoms. The van der Waals surface area contributed by atoms with Crippen molar-refractivity contribution in [3.63, 3.8) is 0 Å². The minimum absolute atomic E-state index is 0.568. The van der Waals surface area contributed by atoms with Crippen LogP contribution in [-0.2, 0) is 0 Å². The van der Waals surface area contributed by atoms with Crippen molar-refractivity contribution in [3.05, 3.63) is 0 Å². The molecule has 0 aliphatic heterocycles. The smallest absolute Gasteiger partial charge is 0.00720 e.